The second-order valence-corrected chi connectivity index (χ2v) is 6.13. The lowest BCUT2D eigenvalue weighted by Crippen LogP contribution is -2.15. The topological polar surface area (TPSA) is 72.4 Å². The van der Waals surface area contributed by atoms with Gasteiger partial charge in [-0.1, -0.05) is 0 Å². The molecule has 0 aliphatic rings. The van der Waals surface area contributed by atoms with Gasteiger partial charge in [0.2, 0.25) is 17.5 Å². The van der Waals surface area contributed by atoms with Crippen LogP contribution in [0, 0.1) is 24.4 Å². The largest absolute Gasteiger partial charge is 0.417 e. The van der Waals surface area contributed by atoms with Crippen molar-refractivity contribution in [3.05, 3.63) is 71.4 Å². The molecule has 4 aromatic rings. The Balaban J connectivity index is 1.47. The lowest BCUT2D eigenvalue weighted by molar-refractivity contribution is -0.115. The zero-order valence-corrected chi connectivity index (χ0v) is 14.5. The fourth-order valence-corrected chi connectivity index (χ4v) is 2.75. The summed E-state index contributed by atoms with van der Waals surface area (Å²) in [7, 11) is 0. The van der Waals surface area contributed by atoms with Gasteiger partial charge in [0.15, 0.2) is 11.6 Å². The number of halogens is 3. The molecule has 0 aliphatic carbocycles. The molecule has 142 valence electrons. The summed E-state index contributed by atoms with van der Waals surface area (Å²) in [5.74, 6) is -3.05. The molecule has 1 N–H and O–H groups in total. The van der Waals surface area contributed by atoms with Crippen LogP contribution in [0.3, 0.4) is 0 Å². The van der Waals surface area contributed by atoms with Crippen LogP contribution in [0.4, 0.5) is 18.9 Å². The Morgan fingerprint density at radius 2 is 1.93 bits per heavy atom. The summed E-state index contributed by atoms with van der Waals surface area (Å²) in [4.78, 5) is 16.1. The molecule has 9 heteroatoms. The Morgan fingerprint density at radius 3 is 2.64 bits per heavy atom. The van der Waals surface area contributed by atoms with Crippen LogP contribution in [0.15, 0.2) is 47.0 Å². The number of aromatic nitrogens is 3. The molecule has 0 radical (unpaired) electrons. The first kappa shape index (κ1) is 17.8. The summed E-state index contributed by atoms with van der Waals surface area (Å²) in [6, 6.07) is 7.82. The molecule has 4 rings (SSSR count). The fraction of sp³-hybridized carbons (Fsp3) is 0.105. The number of hydrogen-bond acceptors (Lipinski definition) is 4. The number of amides is 1. The zero-order chi connectivity index (χ0) is 19.8. The highest BCUT2D eigenvalue weighted by molar-refractivity contribution is 5.92. The molecule has 2 heterocycles. The highest BCUT2D eigenvalue weighted by Crippen LogP contribution is 2.23. The van der Waals surface area contributed by atoms with Crippen molar-refractivity contribution < 1.29 is 22.4 Å². The third kappa shape index (κ3) is 3.34. The number of benzene rings is 2. The number of aryl methyl sites for hydroxylation is 1. The van der Waals surface area contributed by atoms with Gasteiger partial charge >= 0.3 is 0 Å². The van der Waals surface area contributed by atoms with E-state index >= 15 is 0 Å². The lowest BCUT2D eigenvalue weighted by atomic mass is 10.1. The molecule has 0 saturated heterocycles. The van der Waals surface area contributed by atoms with Crippen molar-refractivity contribution in [2.75, 3.05) is 5.32 Å². The Morgan fingerprint density at radius 1 is 1.18 bits per heavy atom. The van der Waals surface area contributed by atoms with Crippen LogP contribution in [-0.2, 0) is 11.2 Å². The SMILES string of the molecule is Cc1ncc2oc(-c3ccc(NC(=O)Cc4cc(F)cc(F)c4F)cc3)nn12. The summed E-state index contributed by atoms with van der Waals surface area (Å²) in [5, 5.41) is 6.85. The highest BCUT2D eigenvalue weighted by atomic mass is 19.2. The lowest BCUT2D eigenvalue weighted by Gasteiger charge is -2.07. The van der Waals surface area contributed by atoms with Gasteiger partial charge in [-0.25, -0.2) is 18.2 Å². The maximum Gasteiger partial charge on any atom is 0.246 e. The molecule has 0 saturated carbocycles. The molecule has 0 fully saturated rings. The van der Waals surface area contributed by atoms with Gasteiger partial charge in [-0.3, -0.25) is 4.79 Å². The van der Waals surface area contributed by atoms with Crippen molar-refractivity contribution in [3.8, 4) is 11.5 Å². The number of fused-ring (bicyclic) bond motifs is 1. The van der Waals surface area contributed by atoms with Gasteiger partial charge in [-0.2, -0.15) is 4.52 Å². The van der Waals surface area contributed by atoms with E-state index in [0.29, 0.717) is 34.7 Å². The Bertz CT molecular complexity index is 1180. The first-order valence-electron chi connectivity index (χ1n) is 8.25. The summed E-state index contributed by atoms with van der Waals surface area (Å²) < 4.78 is 47.3. The standard InChI is InChI=1S/C19H13F3N4O2/c1-10-23-9-17-26(10)25-19(28-17)11-2-4-14(5-3-11)24-16(27)7-12-6-13(20)8-15(21)18(12)22/h2-6,8-9H,7H2,1H3,(H,24,27). The van der Waals surface area contributed by atoms with E-state index in [1.54, 1.807) is 41.9 Å². The number of anilines is 1. The quantitative estimate of drug-likeness (QED) is 0.540. The number of nitrogens with one attached hydrogen (secondary N) is 1. The third-order valence-corrected chi connectivity index (χ3v) is 4.10. The maximum atomic E-state index is 13.7. The third-order valence-electron chi connectivity index (χ3n) is 4.10. The summed E-state index contributed by atoms with van der Waals surface area (Å²) in [6.45, 7) is 1.80. The Labute approximate surface area is 156 Å². The summed E-state index contributed by atoms with van der Waals surface area (Å²) in [6.07, 6.45) is 1.06. The first-order chi connectivity index (χ1) is 13.4. The second-order valence-electron chi connectivity index (χ2n) is 6.13. The fourth-order valence-electron chi connectivity index (χ4n) is 2.75. The monoisotopic (exact) mass is 386 g/mol. The van der Waals surface area contributed by atoms with Gasteiger partial charge in [-0.15, -0.1) is 5.10 Å². The van der Waals surface area contributed by atoms with Gasteiger partial charge in [0.25, 0.3) is 0 Å². The number of imidazole rings is 1. The zero-order valence-electron chi connectivity index (χ0n) is 14.5. The number of carbonyl (C=O) groups is 1. The van der Waals surface area contributed by atoms with Gasteiger partial charge in [0, 0.05) is 22.9 Å². The van der Waals surface area contributed by atoms with Crippen LogP contribution in [0.5, 0.6) is 0 Å². The molecular formula is C19H13F3N4O2. The van der Waals surface area contributed by atoms with Gasteiger partial charge in [0.1, 0.15) is 11.6 Å². The van der Waals surface area contributed by atoms with Gasteiger partial charge in [0.05, 0.1) is 12.6 Å². The van der Waals surface area contributed by atoms with Crippen molar-refractivity contribution in [1.82, 2.24) is 14.6 Å². The molecule has 0 atom stereocenters. The predicted octanol–water partition coefficient (Wildman–Crippen LogP) is 3.90. The number of nitrogens with zero attached hydrogens (tertiary/aromatic N) is 3. The molecule has 0 unspecified atom stereocenters. The summed E-state index contributed by atoms with van der Waals surface area (Å²) in [5.41, 5.74) is 1.27. The number of hydrogen-bond donors (Lipinski definition) is 1. The van der Waals surface area contributed by atoms with Crippen LogP contribution in [0.25, 0.3) is 17.2 Å². The average molecular weight is 386 g/mol. The second kappa shape index (κ2) is 6.84. The maximum absolute atomic E-state index is 13.7. The van der Waals surface area contributed by atoms with Crippen LogP contribution < -0.4 is 5.32 Å². The van der Waals surface area contributed by atoms with Crippen molar-refractivity contribution in [2.45, 2.75) is 13.3 Å². The Kier molecular flexibility index (Phi) is 4.34. The van der Waals surface area contributed by atoms with E-state index in [1.165, 1.54) is 0 Å². The highest BCUT2D eigenvalue weighted by Gasteiger charge is 2.15. The minimum Gasteiger partial charge on any atom is -0.417 e. The number of carbonyl (C=O) groups excluding carboxylic acids is 1. The van der Waals surface area contributed by atoms with Crippen molar-refractivity contribution in [1.29, 1.82) is 0 Å². The minimum atomic E-state index is -1.33. The van der Waals surface area contributed by atoms with E-state index in [-0.39, 0.29) is 5.56 Å². The normalized spacial score (nSPS) is 11.1. The van der Waals surface area contributed by atoms with Gasteiger partial charge < -0.3 is 9.73 Å². The Hall–Kier alpha value is -3.62. The van der Waals surface area contributed by atoms with E-state index in [2.05, 4.69) is 15.4 Å². The smallest absolute Gasteiger partial charge is 0.246 e. The minimum absolute atomic E-state index is 0.355. The average Bonchev–Trinajstić information content (AvgIpc) is 3.22. The molecule has 0 bridgehead atoms. The molecule has 28 heavy (non-hydrogen) atoms. The van der Waals surface area contributed by atoms with E-state index in [1.807, 2.05) is 0 Å². The van der Waals surface area contributed by atoms with Crippen LogP contribution >= 0.6 is 0 Å². The molecule has 1 amide bonds. The van der Waals surface area contributed by atoms with Crippen molar-refractivity contribution >= 4 is 17.3 Å². The van der Waals surface area contributed by atoms with E-state index in [9.17, 15) is 18.0 Å². The molecule has 6 nitrogen and oxygen atoms in total. The van der Waals surface area contributed by atoms with Crippen molar-refractivity contribution in [3.63, 3.8) is 0 Å². The molecule has 0 aliphatic heterocycles. The van der Waals surface area contributed by atoms with E-state index in [0.717, 1.165) is 6.07 Å². The molecule has 2 aromatic heterocycles. The summed E-state index contributed by atoms with van der Waals surface area (Å²) >= 11 is 0. The van der Waals surface area contributed by atoms with Crippen LogP contribution in [0.2, 0.25) is 0 Å². The molecular weight excluding hydrogens is 373 g/mol. The molecule has 0 spiro atoms. The van der Waals surface area contributed by atoms with E-state index in [4.69, 9.17) is 4.42 Å². The molecule has 2 aromatic carbocycles. The van der Waals surface area contributed by atoms with Gasteiger partial charge in [-0.05, 0) is 37.3 Å². The predicted molar refractivity (Wildman–Crippen MR) is 94.1 cm³/mol. The number of rotatable bonds is 4. The van der Waals surface area contributed by atoms with Crippen LogP contribution in [-0.4, -0.2) is 20.5 Å². The van der Waals surface area contributed by atoms with E-state index < -0.39 is 29.8 Å². The van der Waals surface area contributed by atoms with Crippen molar-refractivity contribution in [2.24, 2.45) is 0 Å². The van der Waals surface area contributed by atoms with Crippen LogP contribution in [0.1, 0.15) is 11.4 Å². The first-order valence-corrected chi connectivity index (χ1v) is 8.25.